The monoisotopic (exact) mass is 384 g/mol. The zero-order valence-corrected chi connectivity index (χ0v) is 16.9. The molecule has 1 aromatic heterocycles. The van der Waals surface area contributed by atoms with Crippen molar-refractivity contribution >= 4 is 22.5 Å². The first kappa shape index (κ1) is 19.5. The average molecular weight is 385 g/mol. The first-order valence-electron chi connectivity index (χ1n) is 10.7. The zero-order valence-electron chi connectivity index (χ0n) is 16.9. The van der Waals surface area contributed by atoms with E-state index in [1.54, 1.807) is 0 Å². The van der Waals surface area contributed by atoms with Crippen molar-refractivity contribution in [2.45, 2.75) is 70.4 Å². The maximum atomic E-state index is 12.6. The van der Waals surface area contributed by atoms with E-state index in [4.69, 9.17) is 4.74 Å². The fraction of sp³-hybridized carbons (Fsp3) is 0.609. The van der Waals surface area contributed by atoms with Crippen molar-refractivity contribution in [1.29, 1.82) is 0 Å². The van der Waals surface area contributed by atoms with Gasteiger partial charge in [0, 0.05) is 24.5 Å². The molecule has 1 saturated carbocycles. The van der Waals surface area contributed by atoms with Gasteiger partial charge in [0.25, 0.3) is 0 Å². The minimum absolute atomic E-state index is 0.110. The molecule has 1 aromatic carbocycles. The van der Waals surface area contributed by atoms with Crippen LogP contribution in [0.25, 0.3) is 10.9 Å². The first-order chi connectivity index (χ1) is 13.5. The second kappa shape index (κ2) is 8.26. The third-order valence-electron chi connectivity index (χ3n) is 6.45. The van der Waals surface area contributed by atoms with Crippen LogP contribution in [0.2, 0.25) is 0 Å². The van der Waals surface area contributed by atoms with Gasteiger partial charge in [-0.15, -0.1) is 0 Å². The molecular weight excluding hydrogens is 352 g/mol. The van der Waals surface area contributed by atoms with E-state index in [-0.39, 0.29) is 5.91 Å². The fourth-order valence-electron chi connectivity index (χ4n) is 4.65. The number of hydrogen-bond donors (Lipinski definition) is 2. The highest BCUT2D eigenvalue weighted by atomic mass is 16.5. The quantitative estimate of drug-likeness (QED) is 0.744. The summed E-state index contributed by atoms with van der Waals surface area (Å²) in [5.41, 5.74) is 2.44. The Morgan fingerprint density at radius 3 is 2.79 bits per heavy atom. The number of hydrogen-bond acceptors (Lipinski definition) is 3. The Labute approximate surface area is 167 Å². The van der Waals surface area contributed by atoms with E-state index < -0.39 is 5.60 Å². The number of carbonyl (C=O) groups is 1. The van der Waals surface area contributed by atoms with Gasteiger partial charge < -0.3 is 19.7 Å². The largest absolute Gasteiger partial charge is 0.385 e. The standard InChI is InChI=1S/C23H32N2O3/c1-17-6-5-9-20-22(17)19(14-25(20)13-12-23(27)15-28-16-23)24-21(26)11-10-18-7-3-2-4-8-18/h5-6,9,14,18,27H,2-4,7-8,10-13,15-16H2,1H3,(H,24,26). The average Bonchev–Trinajstić information content (AvgIpc) is 3.03. The molecule has 5 heteroatoms. The molecule has 0 spiro atoms. The highest BCUT2D eigenvalue weighted by Crippen LogP contribution is 2.32. The molecule has 0 bridgehead atoms. The van der Waals surface area contributed by atoms with Crippen molar-refractivity contribution in [2.75, 3.05) is 18.5 Å². The van der Waals surface area contributed by atoms with Crippen LogP contribution in [-0.4, -0.2) is 34.4 Å². The molecular formula is C23H32N2O3. The van der Waals surface area contributed by atoms with Crippen LogP contribution in [0.15, 0.2) is 24.4 Å². The van der Waals surface area contributed by atoms with Crippen LogP contribution in [0.1, 0.15) is 56.9 Å². The molecule has 0 atom stereocenters. The van der Waals surface area contributed by atoms with Gasteiger partial charge in [-0.25, -0.2) is 0 Å². The lowest BCUT2D eigenvalue weighted by Crippen LogP contribution is -2.50. The number of nitrogens with one attached hydrogen (secondary N) is 1. The van der Waals surface area contributed by atoms with Gasteiger partial charge in [0.2, 0.25) is 5.91 Å². The summed E-state index contributed by atoms with van der Waals surface area (Å²) < 4.78 is 7.30. The highest BCUT2D eigenvalue weighted by Gasteiger charge is 2.35. The Hall–Kier alpha value is -1.85. The molecule has 4 rings (SSSR count). The third-order valence-corrected chi connectivity index (χ3v) is 6.45. The summed E-state index contributed by atoms with van der Waals surface area (Å²) in [7, 11) is 0. The van der Waals surface area contributed by atoms with Gasteiger partial charge in [0.15, 0.2) is 0 Å². The van der Waals surface area contributed by atoms with E-state index in [9.17, 15) is 9.90 Å². The Morgan fingerprint density at radius 2 is 2.07 bits per heavy atom. The SMILES string of the molecule is Cc1cccc2c1c(NC(=O)CCC1CCCCC1)cn2CCC1(O)COC1. The number of aromatic nitrogens is 1. The smallest absolute Gasteiger partial charge is 0.224 e. The van der Waals surface area contributed by atoms with Gasteiger partial charge in [-0.2, -0.15) is 0 Å². The van der Waals surface area contributed by atoms with Crippen LogP contribution >= 0.6 is 0 Å². The summed E-state index contributed by atoms with van der Waals surface area (Å²) in [6.45, 7) is 3.61. The van der Waals surface area contributed by atoms with E-state index in [0.29, 0.717) is 38.5 Å². The molecule has 2 heterocycles. The Bertz CT molecular complexity index is 832. The third kappa shape index (κ3) is 4.26. The summed E-state index contributed by atoms with van der Waals surface area (Å²) in [6, 6.07) is 6.21. The number of nitrogens with zero attached hydrogens (tertiary/aromatic N) is 1. The zero-order chi connectivity index (χ0) is 19.6. The van der Waals surface area contributed by atoms with Crippen molar-refractivity contribution in [3.8, 4) is 0 Å². The molecule has 1 amide bonds. The summed E-state index contributed by atoms with van der Waals surface area (Å²) in [4.78, 5) is 12.6. The van der Waals surface area contributed by atoms with E-state index >= 15 is 0 Å². The number of amides is 1. The van der Waals surface area contributed by atoms with Crippen LogP contribution < -0.4 is 5.32 Å². The molecule has 0 radical (unpaired) electrons. The number of rotatable bonds is 7. The lowest BCUT2D eigenvalue weighted by molar-refractivity contribution is -0.182. The lowest BCUT2D eigenvalue weighted by atomic mass is 9.86. The molecule has 1 aliphatic heterocycles. The summed E-state index contributed by atoms with van der Waals surface area (Å²) >= 11 is 0. The van der Waals surface area contributed by atoms with E-state index in [1.807, 2.05) is 12.3 Å². The second-order valence-electron chi connectivity index (χ2n) is 8.76. The van der Waals surface area contributed by atoms with E-state index in [2.05, 4.69) is 28.9 Å². The van der Waals surface area contributed by atoms with E-state index in [0.717, 1.165) is 28.6 Å². The summed E-state index contributed by atoms with van der Waals surface area (Å²) in [6.07, 6.45) is 10.8. The van der Waals surface area contributed by atoms with Crippen LogP contribution in [0.5, 0.6) is 0 Å². The predicted octanol–water partition coefficient (Wildman–Crippen LogP) is 4.40. The van der Waals surface area contributed by atoms with Crippen LogP contribution in [0, 0.1) is 12.8 Å². The topological polar surface area (TPSA) is 63.5 Å². The highest BCUT2D eigenvalue weighted by molar-refractivity contribution is 6.03. The minimum Gasteiger partial charge on any atom is -0.385 e. The number of ether oxygens (including phenoxy) is 1. The van der Waals surface area contributed by atoms with Gasteiger partial charge in [0.05, 0.1) is 24.4 Å². The van der Waals surface area contributed by atoms with E-state index in [1.165, 1.54) is 32.1 Å². The summed E-state index contributed by atoms with van der Waals surface area (Å²) in [5, 5.41) is 14.6. The van der Waals surface area contributed by atoms with Crippen molar-refractivity contribution in [3.63, 3.8) is 0 Å². The van der Waals surface area contributed by atoms with Crippen LogP contribution in [0.3, 0.4) is 0 Å². The molecule has 2 fully saturated rings. The predicted molar refractivity (Wildman–Crippen MR) is 111 cm³/mol. The summed E-state index contributed by atoms with van der Waals surface area (Å²) in [5.74, 6) is 0.826. The number of carbonyl (C=O) groups excluding carboxylic acids is 1. The second-order valence-corrected chi connectivity index (χ2v) is 8.76. The van der Waals surface area contributed by atoms with Crippen molar-refractivity contribution in [2.24, 2.45) is 5.92 Å². The molecule has 152 valence electrons. The molecule has 2 N–H and O–H groups in total. The molecule has 2 aromatic rings. The normalized spacial score (nSPS) is 19.5. The number of benzene rings is 1. The fourth-order valence-corrected chi connectivity index (χ4v) is 4.65. The van der Waals surface area contributed by atoms with Gasteiger partial charge in [0.1, 0.15) is 5.60 Å². The Balaban J connectivity index is 1.45. The molecule has 2 aliphatic rings. The molecule has 1 aliphatic carbocycles. The number of aliphatic hydroxyl groups is 1. The number of aryl methyl sites for hydroxylation is 2. The maximum Gasteiger partial charge on any atom is 0.224 e. The first-order valence-corrected chi connectivity index (χ1v) is 10.7. The maximum absolute atomic E-state index is 12.6. The molecule has 5 nitrogen and oxygen atoms in total. The lowest BCUT2D eigenvalue weighted by Gasteiger charge is -2.36. The van der Waals surface area contributed by atoms with Gasteiger partial charge >= 0.3 is 0 Å². The van der Waals surface area contributed by atoms with Gasteiger partial charge in [-0.3, -0.25) is 4.79 Å². The molecule has 0 unspecified atom stereocenters. The Morgan fingerprint density at radius 1 is 1.29 bits per heavy atom. The Kier molecular flexibility index (Phi) is 5.74. The number of fused-ring (bicyclic) bond motifs is 1. The van der Waals surface area contributed by atoms with Gasteiger partial charge in [-0.1, -0.05) is 44.2 Å². The van der Waals surface area contributed by atoms with Gasteiger partial charge in [-0.05, 0) is 37.3 Å². The number of anilines is 1. The van der Waals surface area contributed by atoms with Crippen molar-refractivity contribution in [1.82, 2.24) is 4.57 Å². The van der Waals surface area contributed by atoms with Crippen LogP contribution in [-0.2, 0) is 16.1 Å². The molecule has 1 saturated heterocycles. The molecule has 28 heavy (non-hydrogen) atoms. The minimum atomic E-state index is -0.705. The van der Waals surface area contributed by atoms with Crippen LogP contribution in [0.4, 0.5) is 5.69 Å². The van der Waals surface area contributed by atoms with Crippen molar-refractivity contribution in [3.05, 3.63) is 30.0 Å². The van der Waals surface area contributed by atoms with Crippen molar-refractivity contribution < 1.29 is 14.6 Å².